The van der Waals surface area contributed by atoms with E-state index >= 15 is 0 Å². The van der Waals surface area contributed by atoms with Crippen molar-refractivity contribution in [1.29, 1.82) is 0 Å². The highest BCUT2D eigenvalue weighted by Gasteiger charge is 2.51. The van der Waals surface area contributed by atoms with Gasteiger partial charge in [0.2, 0.25) is 0 Å². The van der Waals surface area contributed by atoms with Gasteiger partial charge in [-0.2, -0.15) is 0 Å². The third kappa shape index (κ3) is 4.98. The van der Waals surface area contributed by atoms with E-state index in [4.69, 9.17) is 14.2 Å². The van der Waals surface area contributed by atoms with E-state index in [1.165, 1.54) is 45.4 Å². The quantitative estimate of drug-likeness (QED) is 0.265. The van der Waals surface area contributed by atoms with Crippen molar-refractivity contribution >= 4 is 18.2 Å². The van der Waals surface area contributed by atoms with Crippen LogP contribution in [-0.2, 0) is 28.6 Å². The molecule has 0 N–H and O–H groups in total. The normalized spacial score (nSPS) is 33.2. The molecule has 2 unspecified atom stereocenters. The average molecular weight is 378 g/mol. The Balaban J connectivity index is 1.46. The first-order valence-electron chi connectivity index (χ1n) is 9.91. The monoisotopic (exact) mass is 378 g/mol. The predicted octanol–water partition coefficient (Wildman–Crippen LogP) is 3.19. The van der Waals surface area contributed by atoms with E-state index in [-0.39, 0.29) is 11.7 Å². The molecule has 0 spiro atoms. The van der Waals surface area contributed by atoms with Crippen LogP contribution in [-0.4, -0.2) is 37.2 Å². The molecule has 4 aliphatic carbocycles. The highest BCUT2D eigenvalue weighted by Crippen LogP contribution is 2.61. The van der Waals surface area contributed by atoms with Gasteiger partial charge in [-0.3, -0.25) is 4.79 Å². The first-order chi connectivity index (χ1) is 12.8. The van der Waals surface area contributed by atoms with Crippen LogP contribution >= 0.6 is 0 Å². The second-order valence-corrected chi connectivity index (χ2v) is 8.92. The van der Waals surface area contributed by atoms with E-state index < -0.39 is 24.8 Å². The minimum Gasteiger partial charge on any atom is -0.450 e. The van der Waals surface area contributed by atoms with Gasteiger partial charge >= 0.3 is 11.9 Å². The molecule has 0 amide bonds. The summed E-state index contributed by atoms with van der Waals surface area (Å²) in [6.45, 7) is 6.28. The van der Waals surface area contributed by atoms with Gasteiger partial charge in [-0.1, -0.05) is 6.58 Å². The number of esters is 2. The first kappa shape index (κ1) is 20.1. The summed E-state index contributed by atoms with van der Waals surface area (Å²) in [4.78, 5) is 34.3. The molecule has 0 aliphatic heterocycles. The molecule has 27 heavy (non-hydrogen) atoms. The molecule has 4 fully saturated rings. The number of rotatable bonds is 9. The SMILES string of the molecule is C=C(C)C(=O)OCC(=O)OC(C=O)OC(C)CC12CC3CC(CC(C3)C1)C2. The lowest BCUT2D eigenvalue weighted by atomic mass is 9.48. The third-order valence-electron chi connectivity index (χ3n) is 6.28. The van der Waals surface area contributed by atoms with Gasteiger partial charge in [0.15, 0.2) is 12.9 Å². The van der Waals surface area contributed by atoms with E-state index in [1.54, 1.807) is 0 Å². The molecule has 2 atom stereocenters. The van der Waals surface area contributed by atoms with Crippen LogP contribution in [0.2, 0.25) is 0 Å². The minimum absolute atomic E-state index is 0.179. The van der Waals surface area contributed by atoms with Crippen LogP contribution in [0.15, 0.2) is 12.2 Å². The van der Waals surface area contributed by atoms with Crippen LogP contribution in [0.5, 0.6) is 0 Å². The van der Waals surface area contributed by atoms with Crippen molar-refractivity contribution < 1.29 is 28.6 Å². The number of ether oxygens (including phenoxy) is 3. The zero-order valence-electron chi connectivity index (χ0n) is 16.3. The van der Waals surface area contributed by atoms with Crippen molar-refractivity contribution in [2.75, 3.05) is 6.61 Å². The molecule has 4 rings (SSSR count). The summed E-state index contributed by atoms with van der Waals surface area (Å²) in [5.74, 6) is 1.07. The largest absolute Gasteiger partial charge is 0.450 e. The summed E-state index contributed by atoms with van der Waals surface area (Å²) in [5, 5.41) is 0. The number of hydrogen-bond donors (Lipinski definition) is 0. The summed E-state index contributed by atoms with van der Waals surface area (Å²) in [6.07, 6.45) is 7.83. The first-order valence-corrected chi connectivity index (χ1v) is 9.91. The Kier molecular flexibility index (Phi) is 6.04. The fourth-order valence-electron chi connectivity index (χ4n) is 5.93. The van der Waals surface area contributed by atoms with Gasteiger partial charge in [-0.15, -0.1) is 0 Å². The maximum absolute atomic E-state index is 11.8. The molecule has 6 nitrogen and oxygen atoms in total. The molecule has 0 aromatic heterocycles. The highest BCUT2D eigenvalue weighted by molar-refractivity contribution is 5.88. The highest BCUT2D eigenvalue weighted by atomic mass is 16.7. The molecule has 4 saturated carbocycles. The Bertz CT molecular complexity index is 575. The fourth-order valence-corrected chi connectivity index (χ4v) is 5.93. The minimum atomic E-state index is -1.27. The number of hydrogen-bond acceptors (Lipinski definition) is 6. The van der Waals surface area contributed by atoms with Crippen LogP contribution < -0.4 is 0 Å². The standard InChI is InChI=1S/C21H30O6/c1-13(2)20(24)25-12-18(23)27-19(11-22)26-14(3)7-21-8-15-4-16(9-21)6-17(5-15)10-21/h11,14-17,19H,1,4-10,12H2,2-3H3. The number of carbonyl (C=O) groups excluding carboxylic acids is 3. The molecule has 6 heteroatoms. The Morgan fingerprint density at radius 1 is 1.15 bits per heavy atom. The summed E-state index contributed by atoms with van der Waals surface area (Å²) in [5.41, 5.74) is 0.512. The zero-order chi connectivity index (χ0) is 19.6. The van der Waals surface area contributed by atoms with Crippen molar-refractivity contribution in [2.24, 2.45) is 23.2 Å². The van der Waals surface area contributed by atoms with Gasteiger partial charge in [0, 0.05) is 5.57 Å². The maximum Gasteiger partial charge on any atom is 0.346 e. The second-order valence-electron chi connectivity index (χ2n) is 8.92. The van der Waals surface area contributed by atoms with E-state index in [0.29, 0.717) is 11.7 Å². The summed E-state index contributed by atoms with van der Waals surface area (Å²) < 4.78 is 15.4. The van der Waals surface area contributed by atoms with E-state index in [0.717, 1.165) is 24.2 Å². The van der Waals surface area contributed by atoms with Gasteiger partial charge in [-0.25, -0.2) is 9.59 Å². The lowest BCUT2D eigenvalue weighted by molar-refractivity contribution is -0.195. The molecule has 0 heterocycles. The van der Waals surface area contributed by atoms with E-state index in [2.05, 4.69) is 6.58 Å². The molecular formula is C21H30O6. The van der Waals surface area contributed by atoms with Gasteiger partial charge < -0.3 is 14.2 Å². The molecule has 150 valence electrons. The van der Waals surface area contributed by atoms with Gasteiger partial charge in [0.25, 0.3) is 6.29 Å². The summed E-state index contributed by atoms with van der Waals surface area (Å²) in [6, 6.07) is 0. The second kappa shape index (κ2) is 8.13. The lowest BCUT2D eigenvalue weighted by Gasteiger charge is -2.57. The smallest absolute Gasteiger partial charge is 0.346 e. The molecule has 4 bridgehead atoms. The van der Waals surface area contributed by atoms with Gasteiger partial charge in [-0.05, 0) is 82.0 Å². The zero-order valence-corrected chi connectivity index (χ0v) is 16.3. The maximum atomic E-state index is 11.8. The van der Waals surface area contributed by atoms with Crippen LogP contribution in [0.25, 0.3) is 0 Å². The lowest BCUT2D eigenvalue weighted by Crippen LogP contribution is -2.47. The molecule has 0 aromatic rings. The number of carbonyl (C=O) groups is 3. The van der Waals surface area contributed by atoms with E-state index in [1.807, 2.05) is 6.92 Å². The topological polar surface area (TPSA) is 78.9 Å². The van der Waals surface area contributed by atoms with Crippen LogP contribution in [0.4, 0.5) is 0 Å². The summed E-state index contributed by atoms with van der Waals surface area (Å²) in [7, 11) is 0. The predicted molar refractivity (Wildman–Crippen MR) is 97.5 cm³/mol. The van der Waals surface area contributed by atoms with E-state index in [9.17, 15) is 14.4 Å². The average Bonchev–Trinajstić information content (AvgIpc) is 2.57. The molecular weight excluding hydrogens is 348 g/mol. The summed E-state index contributed by atoms with van der Waals surface area (Å²) >= 11 is 0. The third-order valence-corrected chi connectivity index (χ3v) is 6.28. The Morgan fingerprint density at radius 3 is 2.19 bits per heavy atom. The molecule has 0 radical (unpaired) electrons. The van der Waals surface area contributed by atoms with Crippen LogP contribution in [0.3, 0.4) is 0 Å². The van der Waals surface area contributed by atoms with Gasteiger partial charge in [0.1, 0.15) is 0 Å². The molecule has 4 aliphatic rings. The fraction of sp³-hybridized carbons (Fsp3) is 0.762. The molecule has 0 saturated heterocycles. The Morgan fingerprint density at radius 2 is 1.70 bits per heavy atom. The van der Waals surface area contributed by atoms with Crippen molar-refractivity contribution in [3.05, 3.63) is 12.2 Å². The van der Waals surface area contributed by atoms with Crippen molar-refractivity contribution in [3.8, 4) is 0 Å². The molecule has 0 aromatic carbocycles. The van der Waals surface area contributed by atoms with Gasteiger partial charge in [0.05, 0.1) is 6.10 Å². The number of aldehydes is 1. The Labute approximate surface area is 160 Å². The van der Waals surface area contributed by atoms with Crippen LogP contribution in [0.1, 0.15) is 58.8 Å². The van der Waals surface area contributed by atoms with Crippen LogP contribution in [0, 0.1) is 23.2 Å². The van der Waals surface area contributed by atoms with Crippen molar-refractivity contribution in [3.63, 3.8) is 0 Å². The van der Waals surface area contributed by atoms with Crippen molar-refractivity contribution in [1.82, 2.24) is 0 Å². The Hall–Kier alpha value is -1.69. The van der Waals surface area contributed by atoms with Crippen molar-refractivity contribution in [2.45, 2.75) is 71.2 Å².